The molecule has 122 valence electrons. The van der Waals surface area contributed by atoms with Crippen LogP contribution in [0.2, 0.25) is 0 Å². The minimum absolute atomic E-state index is 0.749. The maximum absolute atomic E-state index is 5.64. The molecule has 0 saturated heterocycles. The van der Waals surface area contributed by atoms with Crippen molar-refractivity contribution >= 4 is 28.5 Å². The molecule has 25 heavy (non-hydrogen) atoms. The van der Waals surface area contributed by atoms with Gasteiger partial charge in [-0.2, -0.15) is 0 Å². The molecule has 0 fully saturated rings. The molecule has 0 radical (unpaired) electrons. The molecule has 0 atom stereocenters. The molecule has 0 unspecified atom stereocenters. The summed E-state index contributed by atoms with van der Waals surface area (Å²) in [4.78, 5) is 9.84. The average Bonchev–Trinajstić information content (AvgIpc) is 3.26. The summed E-state index contributed by atoms with van der Waals surface area (Å²) in [6.45, 7) is 0. The lowest BCUT2D eigenvalue weighted by atomic mass is 10.2. The average molecular weight is 346 g/mol. The molecular weight excluding hydrogens is 332 g/mol. The van der Waals surface area contributed by atoms with E-state index in [0.717, 1.165) is 39.0 Å². The van der Waals surface area contributed by atoms with Crippen LogP contribution in [-0.4, -0.2) is 21.5 Å². The van der Waals surface area contributed by atoms with E-state index in [1.165, 1.54) is 0 Å². The number of anilines is 2. The normalized spacial score (nSPS) is 10.6. The lowest BCUT2D eigenvalue weighted by Crippen LogP contribution is -1.97. The first kappa shape index (κ1) is 15.2. The SMILES string of the molecule is C#Cc1ccsc1-c1nc2cnccn2c1Nc1cccc(OC)c1. The van der Waals surface area contributed by atoms with Crippen LogP contribution in [0.15, 0.2) is 54.3 Å². The van der Waals surface area contributed by atoms with E-state index in [9.17, 15) is 0 Å². The van der Waals surface area contributed by atoms with Gasteiger partial charge >= 0.3 is 0 Å². The highest BCUT2D eigenvalue weighted by molar-refractivity contribution is 7.13. The highest BCUT2D eigenvalue weighted by Crippen LogP contribution is 2.36. The van der Waals surface area contributed by atoms with Gasteiger partial charge in [-0.25, -0.2) is 4.98 Å². The predicted molar refractivity (Wildman–Crippen MR) is 101 cm³/mol. The van der Waals surface area contributed by atoms with Crippen molar-refractivity contribution in [3.05, 3.63) is 59.9 Å². The zero-order valence-corrected chi connectivity index (χ0v) is 14.2. The van der Waals surface area contributed by atoms with E-state index < -0.39 is 0 Å². The zero-order valence-electron chi connectivity index (χ0n) is 13.4. The number of imidazole rings is 1. The van der Waals surface area contributed by atoms with Gasteiger partial charge in [-0.15, -0.1) is 17.8 Å². The number of benzene rings is 1. The molecule has 6 heteroatoms. The molecule has 0 amide bonds. The molecule has 1 aromatic carbocycles. The topological polar surface area (TPSA) is 51.5 Å². The van der Waals surface area contributed by atoms with Gasteiger partial charge in [0.2, 0.25) is 0 Å². The van der Waals surface area contributed by atoms with Crippen molar-refractivity contribution in [2.45, 2.75) is 0 Å². The summed E-state index contributed by atoms with van der Waals surface area (Å²) in [5.41, 5.74) is 3.28. The highest BCUT2D eigenvalue weighted by Gasteiger charge is 2.18. The largest absolute Gasteiger partial charge is 0.497 e. The number of terminal acetylenes is 1. The van der Waals surface area contributed by atoms with Crippen LogP contribution in [0.3, 0.4) is 0 Å². The first-order valence-corrected chi connectivity index (χ1v) is 8.45. The minimum Gasteiger partial charge on any atom is -0.497 e. The Bertz CT molecular complexity index is 1090. The summed E-state index contributed by atoms with van der Waals surface area (Å²) in [6, 6.07) is 9.67. The van der Waals surface area contributed by atoms with Crippen LogP contribution in [0.25, 0.3) is 16.2 Å². The van der Waals surface area contributed by atoms with Gasteiger partial charge in [-0.1, -0.05) is 12.0 Å². The summed E-state index contributed by atoms with van der Waals surface area (Å²) in [5.74, 6) is 4.34. The third-order valence-electron chi connectivity index (χ3n) is 3.80. The first-order valence-electron chi connectivity index (χ1n) is 7.58. The Kier molecular flexibility index (Phi) is 3.84. The lowest BCUT2D eigenvalue weighted by molar-refractivity contribution is 0.415. The van der Waals surface area contributed by atoms with Crippen molar-refractivity contribution in [1.29, 1.82) is 0 Å². The second kappa shape index (κ2) is 6.30. The molecular formula is C19H14N4OS. The third-order valence-corrected chi connectivity index (χ3v) is 4.72. The number of nitrogens with zero attached hydrogens (tertiary/aromatic N) is 3. The molecule has 5 nitrogen and oxygen atoms in total. The van der Waals surface area contributed by atoms with E-state index in [4.69, 9.17) is 16.1 Å². The summed E-state index contributed by atoms with van der Waals surface area (Å²) in [7, 11) is 1.65. The summed E-state index contributed by atoms with van der Waals surface area (Å²) in [5, 5.41) is 5.41. The van der Waals surface area contributed by atoms with Gasteiger partial charge in [-0.05, 0) is 23.6 Å². The molecule has 0 saturated carbocycles. The van der Waals surface area contributed by atoms with Crippen LogP contribution in [-0.2, 0) is 0 Å². The number of nitrogens with one attached hydrogen (secondary N) is 1. The number of rotatable bonds is 4. The van der Waals surface area contributed by atoms with Crippen molar-refractivity contribution in [2.75, 3.05) is 12.4 Å². The Labute approximate surface area is 149 Å². The number of hydrogen-bond donors (Lipinski definition) is 1. The molecule has 3 heterocycles. The number of thiophene rings is 1. The molecule has 0 bridgehead atoms. The Balaban J connectivity index is 1.89. The van der Waals surface area contributed by atoms with Gasteiger partial charge < -0.3 is 10.1 Å². The van der Waals surface area contributed by atoms with Crippen LogP contribution in [0, 0.1) is 12.3 Å². The highest BCUT2D eigenvalue weighted by atomic mass is 32.1. The Hall–Kier alpha value is -3.30. The van der Waals surface area contributed by atoms with Crippen LogP contribution in [0.4, 0.5) is 11.5 Å². The van der Waals surface area contributed by atoms with Crippen molar-refractivity contribution in [1.82, 2.24) is 14.4 Å². The molecule has 0 spiro atoms. The predicted octanol–water partition coefficient (Wildman–Crippen LogP) is 4.19. The van der Waals surface area contributed by atoms with Crippen LogP contribution in [0.5, 0.6) is 5.75 Å². The lowest BCUT2D eigenvalue weighted by Gasteiger charge is -2.09. The van der Waals surface area contributed by atoms with E-state index in [1.807, 2.05) is 46.3 Å². The van der Waals surface area contributed by atoms with Crippen molar-refractivity contribution in [3.8, 4) is 28.7 Å². The fourth-order valence-electron chi connectivity index (χ4n) is 2.63. The second-order valence-corrected chi connectivity index (χ2v) is 6.19. The van der Waals surface area contributed by atoms with Gasteiger partial charge in [0.1, 0.15) is 17.3 Å². The van der Waals surface area contributed by atoms with Gasteiger partial charge in [0, 0.05) is 29.7 Å². The first-order chi connectivity index (χ1) is 12.3. The molecule has 4 aromatic rings. The van der Waals surface area contributed by atoms with E-state index in [-0.39, 0.29) is 0 Å². The fourth-order valence-corrected chi connectivity index (χ4v) is 3.48. The van der Waals surface area contributed by atoms with E-state index in [2.05, 4.69) is 16.2 Å². The van der Waals surface area contributed by atoms with Crippen molar-refractivity contribution < 1.29 is 4.74 Å². The summed E-state index contributed by atoms with van der Waals surface area (Å²) < 4.78 is 7.26. The minimum atomic E-state index is 0.749. The van der Waals surface area contributed by atoms with Gasteiger partial charge in [0.05, 0.1) is 18.2 Å². The number of ether oxygens (including phenoxy) is 1. The standard InChI is InChI=1S/C19H14N4OS/c1-3-13-7-10-25-18(13)17-19(23-9-8-20-12-16(23)22-17)21-14-5-4-6-15(11-14)24-2/h1,4-12,21H,2H3. The number of hydrogen-bond acceptors (Lipinski definition) is 5. The Morgan fingerprint density at radius 3 is 3.08 bits per heavy atom. The number of methoxy groups -OCH3 is 1. The monoisotopic (exact) mass is 346 g/mol. The summed E-state index contributed by atoms with van der Waals surface area (Å²) in [6.07, 6.45) is 11.0. The second-order valence-electron chi connectivity index (χ2n) is 5.28. The van der Waals surface area contributed by atoms with Crippen molar-refractivity contribution in [2.24, 2.45) is 0 Å². The fraction of sp³-hybridized carbons (Fsp3) is 0.0526. The zero-order chi connectivity index (χ0) is 17.2. The molecule has 0 aliphatic heterocycles. The Morgan fingerprint density at radius 1 is 1.32 bits per heavy atom. The van der Waals surface area contributed by atoms with Crippen molar-refractivity contribution in [3.63, 3.8) is 0 Å². The molecule has 4 rings (SSSR count). The van der Waals surface area contributed by atoms with Crippen LogP contribution < -0.4 is 10.1 Å². The van der Waals surface area contributed by atoms with E-state index in [1.54, 1.807) is 30.8 Å². The van der Waals surface area contributed by atoms with Crippen LogP contribution >= 0.6 is 11.3 Å². The van der Waals surface area contributed by atoms with Gasteiger partial charge in [0.15, 0.2) is 5.65 Å². The van der Waals surface area contributed by atoms with E-state index >= 15 is 0 Å². The Morgan fingerprint density at radius 2 is 2.24 bits per heavy atom. The van der Waals surface area contributed by atoms with Crippen LogP contribution in [0.1, 0.15) is 5.56 Å². The maximum Gasteiger partial charge on any atom is 0.157 e. The smallest absolute Gasteiger partial charge is 0.157 e. The quantitative estimate of drug-likeness (QED) is 0.563. The van der Waals surface area contributed by atoms with Gasteiger partial charge in [0.25, 0.3) is 0 Å². The number of fused-ring (bicyclic) bond motifs is 1. The third kappa shape index (κ3) is 2.71. The maximum atomic E-state index is 5.64. The summed E-state index contributed by atoms with van der Waals surface area (Å²) >= 11 is 1.57. The molecule has 1 N–H and O–H groups in total. The molecule has 0 aliphatic rings. The number of aromatic nitrogens is 3. The van der Waals surface area contributed by atoms with Gasteiger partial charge in [-0.3, -0.25) is 9.38 Å². The molecule has 3 aromatic heterocycles. The van der Waals surface area contributed by atoms with E-state index in [0.29, 0.717) is 0 Å². The molecule has 0 aliphatic carbocycles.